The van der Waals surface area contributed by atoms with Crippen LogP contribution in [0.5, 0.6) is 5.75 Å². The van der Waals surface area contributed by atoms with E-state index in [1.165, 1.54) is 38.7 Å². The van der Waals surface area contributed by atoms with Crippen LogP contribution in [0.4, 0.5) is 0 Å². The van der Waals surface area contributed by atoms with Crippen LogP contribution >= 0.6 is 0 Å². The van der Waals surface area contributed by atoms with Gasteiger partial charge in [-0.1, -0.05) is 0 Å². The molecule has 0 bridgehead atoms. The maximum absolute atomic E-state index is 12.0. The van der Waals surface area contributed by atoms with E-state index in [0.717, 1.165) is 0 Å². The molecular formula is C18H19NO7. The number of benzene rings is 1. The molecule has 0 aliphatic carbocycles. The zero-order valence-corrected chi connectivity index (χ0v) is 14.6. The first kappa shape index (κ1) is 19.0. The number of carbonyl (C=O) groups excluding carboxylic acids is 3. The van der Waals surface area contributed by atoms with Gasteiger partial charge in [-0.25, -0.2) is 9.59 Å². The number of nitrogens with one attached hydrogen (secondary N) is 1. The Morgan fingerprint density at radius 1 is 1.08 bits per heavy atom. The van der Waals surface area contributed by atoms with Crippen molar-refractivity contribution in [1.82, 2.24) is 5.32 Å². The number of amides is 1. The molecule has 1 atom stereocenters. The molecule has 0 spiro atoms. The molecule has 138 valence electrons. The third kappa shape index (κ3) is 4.85. The number of methoxy groups -OCH3 is 2. The standard InChI is InChI=1S/C18H19NO7/c1-11(15-5-4-6-25-15)19-16(20)10-26-14-8-12(17(21)23-2)7-13(9-14)18(22)24-3/h4-9,11H,10H2,1-3H3,(H,19,20)/t11-/m0/s1. The topological polar surface area (TPSA) is 104 Å². The Morgan fingerprint density at radius 2 is 1.69 bits per heavy atom. The Morgan fingerprint density at radius 3 is 2.19 bits per heavy atom. The molecular weight excluding hydrogens is 342 g/mol. The molecule has 2 aromatic rings. The predicted molar refractivity (Wildman–Crippen MR) is 89.9 cm³/mol. The van der Waals surface area contributed by atoms with Crippen LogP contribution in [-0.4, -0.2) is 38.7 Å². The molecule has 1 aromatic carbocycles. The molecule has 1 N–H and O–H groups in total. The first-order valence-corrected chi connectivity index (χ1v) is 7.72. The maximum atomic E-state index is 12.0. The van der Waals surface area contributed by atoms with E-state index in [4.69, 9.17) is 9.15 Å². The summed E-state index contributed by atoms with van der Waals surface area (Å²) >= 11 is 0. The van der Waals surface area contributed by atoms with Gasteiger partial charge in [-0.2, -0.15) is 0 Å². The van der Waals surface area contributed by atoms with Crippen LogP contribution in [0.1, 0.15) is 39.4 Å². The Bertz CT molecular complexity index is 749. The highest BCUT2D eigenvalue weighted by Crippen LogP contribution is 2.19. The van der Waals surface area contributed by atoms with Gasteiger partial charge in [0.05, 0.1) is 37.7 Å². The lowest BCUT2D eigenvalue weighted by molar-refractivity contribution is -0.123. The second-order valence-electron chi connectivity index (χ2n) is 5.32. The number of esters is 2. The number of rotatable bonds is 7. The van der Waals surface area contributed by atoms with E-state index in [1.54, 1.807) is 19.1 Å². The molecule has 8 nitrogen and oxygen atoms in total. The van der Waals surface area contributed by atoms with Gasteiger partial charge in [-0.15, -0.1) is 0 Å². The SMILES string of the molecule is COC(=O)c1cc(OCC(=O)N[C@@H](C)c2ccco2)cc(C(=O)OC)c1. The minimum Gasteiger partial charge on any atom is -0.484 e. The minimum absolute atomic E-state index is 0.106. The molecule has 2 rings (SSSR count). The Labute approximate surface area is 150 Å². The van der Waals surface area contributed by atoms with Crippen molar-refractivity contribution in [2.45, 2.75) is 13.0 Å². The second-order valence-corrected chi connectivity index (χ2v) is 5.32. The van der Waals surface area contributed by atoms with Crippen molar-refractivity contribution in [3.8, 4) is 5.75 Å². The van der Waals surface area contributed by atoms with Gasteiger partial charge in [-0.3, -0.25) is 4.79 Å². The number of furan rings is 1. The van der Waals surface area contributed by atoms with Gasteiger partial charge in [0.15, 0.2) is 6.61 Å². The Hall–Kier alpha value is -3.29. The summed E-state index contributed by atoms with van der Waals surface area (Å²) in [4.78, 5) is 35.5. The van der Waals surface area contributed by atoms with Crippen molar-refractivity contribution in [1.29, 1.82) is 0 Å². The van der Waals surface area contributed by atoms with Gasteiger partial charge in [-0.05, 0) is 37.3 Å². The smallest absolute Gasteiger partial charge is 0.338 e. The lowest BCUT2D eigenvalue weighted by Crippen LogP contribution is -2.31. The largest absolute Gasteiger partial charge is 0.484 e. The summed E-state index contributed by atoms with van der Waals surface area (Å²) < 4.78 is 19.9. The number of hydrogen-bond donors (Lipinski definition) is 1. The van der Waals surface area contributed by atoms with E-state index in [-0.39, 0.29) is 29.5 Å². The van der Waals surface area contributed by atoms with Gasteiger partial charge < -0.3 is 23.9 Å². The average molecular weight is 361 g/mol. The fraction of sp³-hybridized carbons (Fsp3) is 0.278. The first-order valence-electron chi connectivity index (χ1n) is 7.72. The predicted octanol–water partition coefficient (Wildman–Crippen LogP) is 2.11. The van der Waals surface area contributed by atoms with Crippen LogP contribution < -0.4 is 10.1 Å². The van der Waals surface area contributed by atoms with Crippen LogP contribution in [0, 0.1) is 0 Å². The van der Waals surface area contributed by atoms with Gasteiger partial charge in [0, 0.05) is 0 Å². The fourth-order valence-corrected chi connectivity index (χ4v) is 2.19. The molecule has 0 unspecified atom stereocenters. The van der Waals surface area contributed by atoms with E-state index >= 15 is 0 Å². The van der Waals surface area contributed by atoms with E-state index in [1.807, 2.05) is 0 Å². The second kappa shape index (κ2) is 8.70. The van der Waals surface area contributed by atoms with Gasteiger partial charge in [0.25, 0.3) is 5.91 Å². The summed E-state index contributed by atoms with van der Waals surface area (Å²) in [5.74, 6) is -0.905. The molecule has 26 heavy (non-hydrogen) atoms. The Balaban J connectivity index is 2.06. The van der Waals surface area contributed by atoms with Crippen molar-refractivity contribution < 1.29 is 33.0 Å². The molecule has 8 heteroatoms. The molecule has 1 amide bonds. The summed E-state index contributed by atoms with van der Waals surface area (Å²) in [5, 5.41) is 2.71. The monoisotopic (exact) mass is 361 g/mol. The maximum Gasteiger partial charge on any atom is 0.338 e. The molecule has 0 aliphatic rings. The number of hydrogen-bond acceptors (Lipinski definition) is 7. The molecule has 0 saturated heterocycles. The lowest BCUT2D eigenvalue weighted by atomic mass is 10.1. The van der Waals surface area contributed by atoms with E-state index < -0.39 is 17.8 Å². The average Bonchev–Trinajstić information content (AvgIpc) is 3.19. The van der Waals surface area contributed by atoms with Crippen molar-refractivity contribution in [2.24, 2.45) is 0 Å². The molecule has 0 saturated carbocycles. The summed E-state index contributed by atoms with van der Waals surface area (Å²) in [5.41, 5.74) is 0.213. The number of ether oxygens (including phenoxy) is 3. The highest BCUT2D eigenvalue weighted by Gasteiger charge is 2.16. The van der Waals surface area contributed by atoms with Gasteiger partial charge in [0.1, 0.15) is 11.5 Å². The van der Waals surface area contributed by atoms with Gasteiger partial charge >= 0.3 is 11.9 Å². The number of carbonyl (C=O) groups is 3. The van der Waals surface area contributed by atoms with Crippen LogP contribution in [0.25, 0.3) is 0 Å². The summed E-state index contributed by atoms with van der Waals surface area (Å²) in [6.45, 7) is 1.46. The van der Waals surface area contributed by atoms with Crippen LogP contribution in [0.3, 0.4) is 0 Å². The molecule has 0 radical (unpaired) electrons. The molecule has 1 heterocycles. The molecule has 0 aliphatic heterocycles. The van der Waals surface area contributed by atoms with Crippen molar-refractivity contribution in [2.75, 3.05) is 20.8 Å². The quantitative estimate of drug-likeness (QED) is 0.753. The van der Waals surface area contributed by atoms with Crippen LogP contribution in [0.15, 0.2) is 41.0 Å². The van der Waals surface area contributed by atoms with Crippen molar-refractivity contribution in [3.05, 3.63) is 53.5 Å². The van der Waals surface area contributed by atoms with Crippen molar-refractivity contribution in [3.63, 3.8) is 0 Å². The zero-order valence-electron chi connectivity index (χ0n) is 14.6. The lowest BCUT2D eigenvalue weighted by Gasteiger charge is -2.13. The van der Waals surface area contributed by atoms with E-state index in [0.29, 0.717) is 5.76 Å². The normalized spacial score (nSPS) is 11.3. The highest BCUT2D eigenvalue weighted by molar-refractivity contribution is 5.96. The molecule has 1 aromatic heterocycles. The van der Waals surface area contributed by atoms with Crippen LogP contribution in [0.2, 0.25) is 0 Å². The fourth-order valence-electron chi connectivity index (χ4n) is 2.19. The Kier molecular flexibility index (Phi) is 6.37. The highest BCUT2D eigenvalue weighted by atomic mass is 16.5. The summed E-state index contributed by atoms with van der Waals surface area (Å²) in [6.07, 6.45) is 1.52. The third-order valence-corrected chi connectivity index (χ3v) is 3.47. The zero-order chi connectivity index (χ0) is 19.1. The third-order valence-electron chi connectivity index (χ3n) is 3.47. The van der Waals surface area contributed by atoms with Crippen LogP contribution in [-0.2, 0) is 14.3 Å². The minimum atomic E-state index is -0.642. The van der Waals surface area contributed by atoms with E-state index in [2.05, 4.69) is 14.8 Å². The molecule has 0 fully saturated rings. The summed E-state index contributed by atoms with van der Waals surface area (Å²) in [6, 6.07) is 7.22. The first-order chi connectivity index (χ1) is 12.4. The van der Waals surface area contributed by atoms with Crippen molar-refractivity contribution >= 4 is 17.8 Å². The van der Waals surface area contributed by atoms with E-state index in [9.17, 15) is 14.4 Å². The van der Waals surface area contributed by atoms with Gasteiger partial charge in [0.2, 0.25) is 0 Å². The summed E-state index contributed by atoms with van der Waals surface area (Å²) in [7, 11) is 2.44.